The lowest BCUT2D eigenvalue weighted by atomic mass is 10.1. The van der Waals surface area contributed by atoms with Gasteiger partial charge in [0.15, 0.2) is 4.80 Å². The van der Waals surface area contributed by atoms with Gasteiger partial charge in [0, 0.05) is 26.3 Å². The summed E-state index contributed by atoms with van der Waals surface area (Å²) in [7, 11) is 3.43. The van der Waals surface area contributed by atoms with Crippen molar-refractivity contribution in [3.8, 4) is 0 Å². The number of carbonyl (C=O) groups excluding carboxylic acids is 1. The summed E-state index contributed by atoms with van der Waals surface area (Å²) in [4.78, 5) is 17.8. The van der Waals surface area contributed by atoms with E-state index in [9.17, 15) is 4.79 Å². The van der Waals surface area contributed by atoms with Crippen LogP contribution in [-0.4, -0.2) is 34.0 Å². The zero-order valence-corrected chi connectivity index (χ0v) is 16.0. The molecule has 0 fully saturated rings. The van der Waals surface area contributed by atoms with Gasteiger partial charge in [-0.25, -0.2) is 0 Å². The molecule has 0 N–H and O–H groups in total. The first-order valence-corrected chi connectivity index (χ1v) is 8.91. The van der Waals surface area contributed by atoms with Gasteiger partial charge in [-0.1, -0.05) is 17.4 Å². The number of thiazole rings is 1. The Balaban J connectivity index is 2.20. The molecule has 0 saturated carbocycles. The van der Waals surface area contributed by atoms with Gasteiger partial charge < -0.3 is 9.30 Å². The zero-order chi connectivity index (χ0) is 18.1. The highest BCUT2D eigenvalue weighted by molar-refractivity contribution is 7.16. The number of fused-ring (bicyclic) bond motifs is 1. The van der Waals surface area contributed by atoms with Gasteiger partial charge in [-0.15, -0.1) is 0 Å². The Morgan fingerprint density at radius 3 is 2.68 bits per heavy atom. The topological polar surface area (TPSA) is 61.4 Å². The molecule has 2 heterocycles. The SMILES string of the molecule is COCCn1c(=NC(=O)c2c(C)cnn2C)sc2c(C)cc(C)cc21. The number of benzene rings is 1. The smallest absolute Gasteiger partial charge is 0.298 e. The van der Waals surface area contributed by atoms with E-state index in [1.165, 1.54) is 22.5 Å². The zero-order valence-electron chi connectivity index (χ0n) is 15.2. The molecule has 0 unspecified atom stereocenters. The minimum Gasteiger partial charge on any atom is -0.383 e. The minimum absolute atomic E-state index is 0.274. The minimum atomic E-state index is -0.274. The maximum Gasteiger partial charge on any atom is 0.298 e. The van der Waals surface area contributed by atoms with Crippen LogP contribution in [0.4, 0.5) is 0 Å². The van der Waals surface area contributed by atoms with E-state index in [1.807, 2.05) is 6.92 Å². The average molecular weight is 358 g/mol. The molecule has 0 aliphatic rings. The Morgan fingerprint density at radius 2 is 2.04 bits per heavy atom. The molecule has 0 aliphatic carbocycles. The van der Waals surface area contributed by atoms with Crippen molar-refractivity contribution in [1.82, 2.24) is 14.3 Å². The lowest BCUT2D eigenvalue weighted by Crippen LogP contribution is -2.20. The molecule has 1 aromatic carbocycles. The average Bonchev–Trinajstić information content (AvgIpc) is 3.05. The molecule has 2 aromatic heterocycles. The molecule has 0 bridgehead atoms. The monoisotopic (exact) mass is 358 g/mol. The van der Waals surface area contributed by atoms with Crippen LogP contribution in [0.3, 0.4) is 0 Å². The first-order chi connectivity index (χ1) is 11.9. The Bertz CT molecular complexity index is 991. The van der Waals surface area contributed by atoms with Crippen LogP contribution in [0.15, 0.2) is 23.3 Å². The van der Waals surface area contributed by atoms with Gasteiger partial charge in [-0.3, -0.25) is 9.48 Å². The highest BCUT2D eigenvalue weighted by Crippen LogP contribution is 2.23. The van der Waals surface area contributed by atoms with Crippen LogP contribution >= 0.6 is 11.3 Å². The summed E-state index contributed by atoms with van der Waals surface area (Å²) < 4.78 is 10.0. The molecule has 3 aromatic rings. The van der Waals surface area contributed by atoms with Gasteiger partial charge in [0.2, 0.25) is 0 Å². The number of amides is 1. The number of aromatic nitrogens is 3. The van der Waals surface area contributed by atoms with Crippen molar-refractivity contribution in [2.45, 2.75) is 27.3 Å². The summed E-state index contributed by atoms with van der Waals surface area (Å²) in [5, 5.41) is 4.13. The number of nitrogens with zero attached hydrogens (tertiary/aromatic N) is 4. The Kier molecular flexibility index (Phi) is 4.87. The summed E-state index contributed by atoms with van der Waals surface area (Å²) >= 11 is 1.54. The van der Waals surface area contributed by atoms with E-state index in [0.29, 0.717) is 23.6 Å². The second-order valence-corrected chi connectivity index (χ2v) is 7.15. The van der Waals surface area contributed by atoms with Crippen molar-refractivity contribution in [3.63, 3.8) is 0 Å². The van der Waals surface area contributed by atoms with Crippen LogP contribution in [0.2, 0.25) is 0 Å². The maximum absolute atomic E-state index is 12.7. The molecule has 7 heteroatoms. The summed E-state index contributed by atoms with van der Waals surface area (Å²) in [6.45, 7) is 7.24. The Hall–Kier alpha value is -2.25. The third-order valence-corrected chi connectivity index (χ3v) is 5.38. The van der Waals surface area contributed by atoms with Crippen molar-refractivity contribution in [2.75, 3.05) is 13.7 Å². The van der Waals surface area contributed by atoms with E-state index in [2.05, 4.69) is 40.6 Å². The fourth-order valence-electron chi connectivity index (χ4n) is 2.99. The molecule has 0 spiro atoms. The second kappa shape index (κ2) is 6.93. The van der Waals surface area contributed by atoms with E-state index in [1.54, 1.807) is 25.0 Å². The quantitative estimate of drug-likeness (QED) is 0.720. The number of hydrogen-bond acceptors (Lipinski definition) is 4. The van der Waals surface area contributed by atoms with Crippen LogP contribution in [0.25, 0.3) is 10.2 Å². The standard InChI is InChI=1S/C18H22N4O2S/c1-11-8-12(2)16-14(9-11)22(6-7-24-5)18(25-16)20-17(23)15-13(3)10-19-21(15)4/h8-10H,6-7H2,1-5H3. The number of ether oxygens (including phenoxy) is 1. The highest BCUT2D eigenvalue weighted by atomic mass is 32.1. The van der Waals surface area contributed by atoms with Crippen LogP contribution in [0.1, 0.15) is 27.2 Å². The first-order valence-electron chi connectivity index (χ1n) is 8.09. The van der Waals surface area contributed by atoms with Crippen LogP contribution < -0.4 is 4.80 Å². The van der Waals surface area contributed by atoms with Crippen molar-refractivity contribution in [3.05, 3.63) is 45.5 Å². The number of methoxy groups -OCH3 is 1. The molecule has 25 heavy (non-hydrogen) atoms. The van der Waals surface area contributed by atoms with Crippen molar-refractivity contribution < 1.29 is 9.53 Å². The molecule has 0 atom stereocenters. The van der Waals surface area contributed by atoms with Crippen molar-refractivity contribution in [1.29, 1.82) is 0 Å². The number of aryl methyl sites for hydroxylation is 4. The summed E-state index contributed by atoms with van der Waals surface area (Å²) in [6.07, 6.45) is 1.68. The van der Waals surface area contributed by atoms with Crippen LogP contribution in [0.5, 0.6) is 0 Å². The predicted octanol–water partition coefficient (Wildman–Crippen LogP) is 2.75. The van der Waals surface area contributed by atoms with Gasteiger partial charge in [0.1, 0.15) is 5.69 Å². The van der Waals surface area contributed by atoms with Gasteiger partial charge >= 0.3 is 0 Å². The summed E-state index contributed by atoms with van der Waals surface area (Å²) in [6, 6.07) is 4.28. The number of rotatable bonds is 4. The van der Waals surface area contributed by atoms with Gasteiger partial charge in [-0.2, -0.15) is 10.1 Å². The second-order valence-electron chi connectivity index (χ2n) is 6.18. The fraction of sp³-hybridized carbons (Fsp3) is 0.389. The number of carbonyl (C=O) groups is 1. The molecular formula is C18H22N4O2S. The fourth-order valence-corrected chi connectivity index (χ4v) is 4.10. The molecule has 0 saturated heterocycles. The Labute approximate surface area is 150 Å². The molecule has 3 rings (SSSR count). The van der Waals surface area contributed by atoms with E-state index in [0.717, 1.165) is 15.8 Å². The van der Waals surface area contributed by atoms with E-state index >= 15 is 0 Å². The largest absolute Gasteiger partial charge is 0.383 e. The van der Waals surface area contributed by atoms with Gasteiger partial charge in [0.25, 0.3) is 5.91 Å². The number of hydrogen-bond donors (Lipinski definition) is 0. The van der Waals surface area contributed by atoms with Gasteiger partial charge in [-0.05, 0) is 38.0 Å². The summed E-state index contributed by atoms with van der Waals surface area (Å²) in [5.41, 5.74) is 4.82. The van der Waals surface area contributed by atoms with Crippen LogP contribution in [0, 0.1) is 20.8 Å². The van der Waals surface area contributed by atoms with Gasteiger partial charge in [0.05, 0.1) is 23.0 Å². The first kappa shape index (κ1) is 17.6. The highest BCUT2D eigenvalue weighted by Gasteiger charge is 2.15. The Morgan fingerprint density at radius 1 is 1.28 bits per heavy atom. The predicted molar refractivity (Wildman–Crippen MR) is 99.0 cm³/mol. The molecule has 1 amide bonds. The van der Waals surface area contributed by atoms with Crippen molar-refractivity contribution >= 4 is 27.5 Å². The normalized spacial score (nSPS) is 12.3. The molecule has 6 nitrogen and oxygen atoms in total. The molecule has 132 valence electrons. The van der Waals surface area contributed by atoms with Crippen molar-refractivity contribution in [2.24, 2.45) is 12.0 Å². The molecular weight excluding hydrogens is 336 g/mol. The molecule has 0 aliphatic heterocycles. The van der Waals surface area contributed by atoms with E-state index < -0.39 is 0 Å². The third kappa shape index (κ3) is 3.29. The lowest BCUT2D eigenvalue weighted by Gasteiger charge is -2.06. The third-order valence-electron chi connectivity index (χ3n) is 4.15. The van der Waals surface area contributed by atoms with Crippen LogP contribution in [-0.2, 0) is 18.3 Å². The van der Waals surface area contributed by atoms with E-state index in [4.69, 9.17) is 4.74 Å². The summed E-state index contributed by atoms with van der Waals surface area (Å²) in [5.74, 6) is -0.274. The molecule has 0 radical (unpaired) electrons. The van der Waals surface area contributed by atoms with E-state index in [-0.39, 0.29) is 5.91 Å². The lowest BCUT2D eigenvalue weighted by molar-refractivity contribution is 0.0988. The maximum atomic E-state index is 12.7.